The Morgan fingerprint density at radius 1 is 1.03 bits per heavy atom. The molecule has 1 saturated carbocycles. The third-order valence-corrected chi connectivity index (χ3v) is 13.2. The minimum absolute atomic E-state index is 0.156. The quantitative estimate of drug-likeness (QED) is 0.355. The first-order valence-electron chi connectivity index (χ1n) is 13.6. The van der Waals surface area contributed by atoms with E-state index >= 15 is 0 Å². The van der Waals surface area contributed by atoms with Crippen LogP contribution < -0.4 is 10.4 Å². The minimum atomic E-state index is -2.85. The maximum Gasteiger partial charge on any atom is 0.261 e. The molecule has 1 spiro atoms. The number of benzene rings is 2. The zero-order chi connectivity index (χ0) is 25.8. The van der Waals surface area contributed by atoms with Crippen molar-refractivity contribution in [3.63, 3.8) is 0 Å². The summed E-state index contributed by atoms with van der Waals surface area (Å²) in [5.74, 6) is -0.656. The van der Waals surface area contributed by atoms with E-state index < -0.39 is 20.2 Å². The van der Waals surface area contributed by atoms with E-state index in [2.05, 4.69) is 94.9 Å². The molecule has 0 bridgehead atoms. The Hall–Kier alpha value is -1.76. The van der Waals surface area contributed by atoms with Crippen LogP contribution in [-0.4, -0.2) is 44.1 Å². The molecule has 2 aromatic carbocycles. The van der Waals surface area contributed by atoms with E-state index in [1.54, 1.807) is 6.08 Å². The van der Waals surface area contributed by atoms with Crippen LogP contribution in [0.15, 0.2) is 73.3 Å². The van der Waals surface area contributed by atoms with E-state index in [0.29, 0.717) is 13.0 Å². The van der Waals surface area contributed by atoms with Crippen LogP contribution in [0, 0.1) is 5.92 Å². The highest BCUT2D eigenvalue weighted by Gasteiger charge is 2.55. The van der Waals surface area contributed by atoms with Gasteiger partial charge in [-0.3, -0.25) is 0 Å². The molecule has 0 amide bonds. The Morgan fingerprint density at radius 3 is 2.08 bits per heavy atom. The first-order chi connectivity index (χ1) is 17.2. The van der Waals surface area contributed by atoms with Crippen molar-refractivity contribution < 1.29 is 19.0 Å². The predicted octanol–water partition coefficient (Wildman–Crippen LogP) is 5.58. The number of aliphatic hydroxyl groups excluding tert-OH is 1. The molecule has 2 fully saturated rings. The first-order valence-corrected chi connectivity index (χ1v) is 15.5. The first kappa shape index (κ1) is 27.3. The molecule has 36 heavy (non-hydrogen) atoms. The molecule has 0 radical (unpaired) electrons. The van der Waals surface area contributed by atoms with Gasteiger partial charge in [-0.15, -0.1) is 6.58 Å². The summed E-state index contributed by atoms with van der Waals surface area (Å²) in [5.41, 5.74) is 0. The third-order valence-electron chi connectivity index (χ3n) is 8.12. The minimum Gasteiger partial charge on any atom is -0.401 e. The Bertz CT molecular complexity index is 926. The van der Waals surface area contributed by atoms with Gasteiger partial charge in [-0.25, -0.2) is 0 Å². The van der Waals surface area contributed by atoms with Gasteiger partial charge < -0.3 is 19.0 Å². The van der Waals surface area contributed by atoms with Gasteiger partial charge in [-0.2, -0.15) is 0 Å². The summed E-state index contributed by atoms with van der Waals surface area (Å²) >= 11 is 0. The summed E-state index contributed by atoms with van der Waals surface area (Å²) in [7, 11) is -2.85. The van der Waals surface area contributed by atoms with Crippen molar-refractivity contribution in [2.75, 3.05) is 6.61 Å². The lowest BCUT2D eigenvalue weighted by molar-refractivity contribution is -0.198. The van der Waals surface area contributed by atoms with Gasteiger partial charge in [0.05, 0.1) is 18.8 Å². The van der Waals surface area contributed by atoms with Crippen LogP contribution in [0.4, 0.5) is 0 Å². The van der Waals surface area contributed by atoms with Crippen molar-refractivity contribution in [1.29, 1.82) is 0 Å². The van der Waals surface area contributed by atoms with Crippen LogP contribution in [0.25, 0.3) is 0 Å². The van der Waals surface area contributed by atoms with Crippen LogP contribution in [0.5, 0.6) is 0 Å². The van der Waals surface area contributed by atoms with Crippen molar-refractivity contribution in [2.45, 2.75) is 95.4 Å². The Kier molecular flexibility index (Phi) is 8.58. The maximum absolute atomic E-state index is 11.2. The summed E-state index contributed by atoms with van der Waals surface area (Å²) in [6, 6.07) is 21.4. The molecule has 2 aromatic rings. The van der Waals surface area contributed by atoms with Gasteiger partial charge in [0.15, 0.2) is 5.79 Å². The molecule has 5 heteroatoms. The molecule has 196 valence electrons. The zero-order valence-corrected chi connectivity index (χ0v) is 23.5. The Balaban J connectivity index is 1.81. The van der Waals surface area contributed by atoms with Gasteiger partial charge in [0.2, 0.25) is 0 Å². The number of rotatable bonds is 9. The van der Waals surface area contributed by atoms with Gasteiger partial charge in [-0.05, 0) is 34.7 Å². The second kappa shape index (κ2) is 11.3. The number of hydrogen-bond donors (Lipinski definition) is 1. The molecular formula is C31H44O4Si. The van der Waals surface area contributed by atoms with Gasteiger partial charge in [0.1, 0.15) is 6.10 Å². The summed E-state index contributed by atoms with van der Waals surface area (Å²) < 4.78 is 20.7. The molecule has 4 nitrogen and oxygen atoms in total. The highest BCUT2D eigenvalue weighted by molar-refractivity contribution is 6.99. The molecule has 1 heterocycles. The lowest BCUT2D eigenvalue weighted by Gasteiger charge is -2.47. The van der Waals surface area contributed by atoms with Gasteiger partial charge in [-0.1, -0.05) is 101 Å². The highest BCUT2D eigenvalue weighted by Crippen LogP contribution is 2.43. The van der Waals surface area contributed by atoms with E-state index in [9.17, 15) is 5.11 Å². The van der Waals surface area contributed by atoms with Crippen molar-refractivity contribution in [2.24, 2.45) is 5.92 Å². The fourth-order valence-corrected chi connectivity index (χ4v) is 10.9. The molecule has 1 saturated heterocycles. The normalized spacial score (nSPS) is 22.8. The smallest absolute Gasteiger partial charge is 0.261 e. The highest BCUT2D eigenvalue weighted by atomic mass is 28.4. The van der Waals surface area contributed by atoms with Crippen molar-refractivity contribution in [1.82, 2.24) is 0 Å². The molecule has 2 aliphatic rings. The third kappa shape index (κ3) is 5.41. The summed E-state index contributed by atoms with van der Waals surface area (Å²) in [5, 5.41) is 13.4. The molecule has 1 aliphatic carbocycles. The fraction of sp³-hybridized carbons (Fsp3) is 0.548. The molecular weight excluding hydrogens is 464 g/mol. The zero-order valence-electron chi connectivity index (χ0n) is 22.5. The number of ether oxygens (including phenoxy) is 2. The second-order valence-electron chi connectivity index (χ2n) is 11.6. The average molecular weight is 509 g/mol. The molecule has 1 N–H and O–H groups in total. The summed E-state index contributed by atoms with van der Waals surface area (Å²) in [6.45, 7) is 13.3. The van der Waals surface area contributed by atoms with E-state index in [1.807, 2.05) is 0 Å². The molecule has 4 atom stereocenters. The van der Waals surface area contributed by atoms with E-state index in [1.165, 1.54) is 16.8 Å². The maximum atomic E-state index is 11.2. The topological polar surface area (TPSA) is 47.9 Å². The molecule has 4 rings (SSSR count). The van der Waals surface area contributed by atoms with Gasteiger partial charge in [0.25, 0.3) is 8.32 Å². The van der Waals surface area contributed by atoms with Gasteiger partial charge >= 0.3 is 0 Å². The largest absolute Gasteiger partial charge is 0.401 e. The fourth-order valence-electron chi connectivity index (χ4n) is 6.11. The monoisotopic (exact) mass is 508 g/mol. The Labute approximate surface area is 218 Å². The van der Waals surface area contributed by atoms with Crippen LogP contribution in [0.2, 0.25) is 5.04 Å². The van der Waals surface area contributed by atoms with E-state index in [4.69, 9.17) is 13.9 Å². The van der Waals surface area contributed by atoms with E-state index in [-0.39, 0.29) is 23.2 Å². The van der Waals surface area contributed by atoms with Crippen LogP contribution in [0.3, 0.4) is 0 Å². The van der Waals surface area contributed by atoms with Crippen molar-refractivity contribution in [3.05, 3.63) is 73.3 Å². The Morgan fingerprint density at radius 2 is 1.58 bits per heavy atom. The SMILES string of the molecule is C=CC[C@H](O)[C@H](C)[C@H](O[Si](c1ccccc1)(c1ccccc1)C(C)(C)C)[C@H]1COC2(CCCCC2)O1. The number of aliphatic hydroxyl groups is 1. The average Bonchev–Trinajstić information content (AvgIpc) is 3.28. The number of hydrogen-bond acceptors (Lipinski definition) is 4. The molecule has 0 unspecified atom stereocenters. The second-order valence-corrected chi connectivity index (χ2v) is 15.9. The lowest BCUT2D eigenvalue weighted by Crippen LogP contribution is -2.69. The van der Waals surface area contributed by atoms with Crippen LogP contribution >= 0.6 is 0 Å². The molecule has 0 aromatic heterocycles. The molecule has 1 aliphatic heterocycles. The van der Waals surface area contributed by atoms with Crippen LogP contribution in [0.1, 0.15) is 66.2 Å². The van der Waals surface area contributed by atoms with Gasteiger partial charge in [0, 0.05) is 18.8 Å². The predicted molar refractivity (Wildman–Crippen MR) is 149 cm³/mol. The summed E-state index contributed by atoms with van der Waals surface area (Å²) in [6.07, 6.45) is 6.51. The summed E-state index contributed by atoms with van der Waals surface area (Å²) in [4.78, 5) is 0. The van der Waals surface area contributed by atoms with E-state index in [0.717, 1.165) is 25.7 Å². The van der Waals surface area contributed by atoms with Crippen molar-refractivity contribution >= 4 is 18.7 Å². The lowest BCUT2D eigenvalue weighted by atomic mass is 9.92. The van der Waals surface area contributed by atoms with Crippen molar-refractivity contribution in [3.8, 4) is 0 Å². The van der Waals surface area contributed by atoms with Crippen LogP contribution in [-0.2, 0) is 13.9 Å². The standard InChI is InChI=1S/C31H44O4Si/c1-6-16-27(32)24(2)29(28-23-33-31(34-28)21-14-9-15-22-31)35-36(30(3,4)5,25-17-10-7-11-18-25)26-19-12-8-13-20-26/h6-8,10-13,17-20,24,27-29,32H,1,9,14-16,21-23H2,2-5H3/t24-,27-,28+,29-/m0/s1.